The van der Waals surface area contributed by atoms with Crippen LogP contribution in [-0.2, 0) is 20.9 Å². The van der Waals surface area contributed by atoms with E-state index >= 15 is 0 Å². The number of hydrogen-bond donors (Lipinski definition) is 1. The van der Waals surface area contributed by atoms with Crippen LogP contribution in [0.5, 0.6) is 5.75 Å². The van der Waals surface area contributed by atoms with Gasteiger partial charge in [-0.2, -0.15) is 13.2 Å². The molecule has 0 aliphatic heterocycles. The van der Waals surface area contributed by atoms with Crippen LogP contribution in [0.2, 0.25) is 0 Å². The Hall–Kier alpha value is -1.78. The van der Waals surface area contributed by atoms with Crippen molar-refractivity contribution in [3.63, 3.8) is 0 Å². The number of hydrogen-bond acceptors (Lipinski definition) is 4. The molecule has 0 saturated carbocycles. The minimum atomic E-state index is -4.63. The van der Waals surface area contributed by atoms with E-state index in [1.165, 1.54) is 25.3 Å². The van der Waals surface area contributed by atoms with Crippen molar-refractivity contribution < 1.29 is 31.1 Å². The second-order valence-electron chi connectivity index (χ2n) is 5.09. The maximum absolute atomic E-state index is 13.0. The monoisotopic (exact) mass is 453 g/mol. The van der Waals surface area contributed by atoms with Crippen LogP contribution in [-0.4, -0.2) is 28.7 Å². The number of nitrogens with one attached hydrogen (secondary N) is 1. The first-order valence-electron chi connectivity index (χ1n) is 7.25. The van der Waals surface area contributed by atoms with Gasteiger partial charge in [-0.15, -0.1) is 0 Å². The van der Waals surface area contributed by atoms with E-state index in [0.717, 1.165) is 12.1 Å². The Kier molecular flexibility index (Phi) is 6.53. The quantitative estimate of drug-likeness (QED) is 0.634. The number of alkyl halides is 3. The number of sulfonamides is 1. The van der Waals surface area contributed by atoms with Crippen molar-refractivity contribution in [2.75, 3.05) is 25.0 Å². The second-order valence-corrected chi connectivity index (χ2v) is 7.59. The highest BCUT2D eigenvalue weighted by Crippen LogP contribution is 2.36. The first-order chi connectivity index (χ1) is 12.1. The fourth-order valence-corrected chi connectivity index (χ4v) is 4.07. The molecule has 0 unspecified atom stereocenters. The summed E-state index contributed by atoms with van der Waals surface area (Å²) >= 11 is 3.11. The summed E-state index contributed by atoms with van der Waals surface area (Å²) in [5.74, 6) is -0.0364. The van der Waals surface area contributed by atoms with Gasteiger partial charge in [0.25, 0.3) is 10.0 Å². The Balaban J connectivity index is 2.42. The molecule has 0 fully saturated rings. The number of methoxy groups -OCH3 is 1. The zero-order valence-electron chi connectivity index (χ0n) is 13.5. The van der Waals surface area contributed by atoms with Gasteiger partial charge >= 0.3 is 6.18 Å². The van der Waals surface area contributed by atoms with Crippen LogP contribution in [0, 0.1) is 0 Å². The molecule has 0 saturated heterocycles. The van der Waals surface area contributed by atoms with Crippen molar-refractivity contribution >= 4 is 31.6 Å². The van der Waals surface area contributed by atoms with Gasteiger partial charge in [0.05, 0.1) is 17.9 Å². The summed E-state index contributed by atoms with van der Waals surface area (Å²) in [6.07, 6.45) is -4.63. The smallest absolute Gasteiger partial charge is 0.416 e. The number of benzene rings is 2. The molecule has 0 amide bonds. The van der Waals surface area contributed by atoms with E-state index < -0.39 is 21.8 Å². The highest BCUT2D eigenvalue weighted by molar-refractivity contribution is 9.10. The Bertz CT molecular complexity index is 872. The first kappa shape index (κ1) is 20.5. The molecule has 0 heterocycles. The van der Waals surface area contributed by atoms with Gasteiger partial charge in [-0.05, 0) is 46.3 Å². The molecule has 5 nitrogen and oxygen atoms in total. The first-order valence-corrected chi connectivity index (χ1v) is 9.53. The van der Waals surface area contributed by atoms with Gasteiger partial charge in [0, 0.05) is 11.6 Å². The summed E-state index contributed by atoms with van der Waals surface area (Å²) in [6, 6.07) is 8.53. The Labute approximate surface area is 157 Å². The van der Waals surface area contributed by atoms with Gasteiger partial charge in [-0.3, -0.25) is 4.72 Å². The number of anilines is 1. The van der Waals surface area contributed by atoms with E-state index in [0.29, 0.717) is 6.07 Å². The predicted octanol–water partition coefficient (Wildman–Crippen LogP) is 4.29. The van der Waals surface area contributed by atoms with Crippen molar-refractivity contribution in [3.05, 3.63) is 52.5 Å². The Morgan fingerprint density at radius 2 is 1.81 bits per heavy atom. The molecule has 2 aromatic rings. The zero-order valence-corrected chi connectivity index (χ0v) is 15.9. The highest BCUT2D eigenvalue weighted by Gasteiger charge is 2.32. The third kappa shape index (κ3) is 5.12. The Morgan fingerprint density at radius 1 is 1.12 bits per heavy atom. The van der Waals surface area contributed by atoms with Crippen LogP contribution in [0.25, 0.3) is 0 Å². The third-order valence-electron chi connectivity index (χ3n) is 3.22. The summed E-state index contributed by atoms with van der Waals surface area (Å²) in [6.45, 7) is 0.239. The molecule has 0 aromatic heterocycles. The molecule has 0 radical (unpaired) electrons. The topological polar surface area (TPSA) is 64.6 Å². The van der Waals surface area contributed by atoms with Crippen LogP contribution in [0.15, 0.2) is 51.8 Å². The molecule has 0 atom stereocenters. The maximum Gasteiger partial charge on any atom is 0.416 e. The van der Waals surface area contributed by atoms with Gasteiger partial charge in [0.2, 0.25) is 0 Å². The summed E-state index contributed by atoms with van der Waals surface area (Å²) in [5, 5.41) is 0. The SMILES string of the molecule is COCCOc1ccc(C(F)(F)F)cc1NS(=O)(=O)c1ccccc1Br. The fourth-order valence-electron chi connectivity index (χ4n) is 2.01. The molecule has 10 heteroatoms. The molecule has 0 bridgehead atoms. The molecule has 0 spiro atoms. The minimum absolute atomic E-state index is 0.0364. The van der Waals surface area contributed by atoms with Crippen LogP contribution >= 0.6 is 15.9 Å². The molecule has 1 N–H and O–H groups in total. The summed E-state index contributed by atoms with van der Waals surface area (Å²) < 4.78 is 76.7. The molecule has 2 rings (SSSR count). The maximum atomic E-state index is 13.0. The number of halogens is 4. The molecule has 0 aliphatic rings. The van der Waals surface area contributed by atoms with Crippen LogP contribution in [0.3, 0.4) is 0 Å². The third-order valence-corrected chi connectivity index (χ3v) is 5.60. The zero-order chi connectivity index (χ0) is 19.4. The standard InChI is InChI=1S/C16H15BrF3NO4S/c1-24-8-9-25-14-7-6-11(16(18,19)20)10-13(14)21-26(22,23)15-5-3-2-4-12(15)17/h2-7,10,21H,8-9H2,1H3. The van der Waals surface area contributed by atoms with Gasteiger partial charge in [-0.1, -0.05) is 12.1 Å². The van der Waals surface area contributed by atoms with E-state index in [2.05, 4.69) is 20.7 Å². The lowest BCUT2D eigenvalue weighted by molar-refractivity contribution is -0.137. The molecular weight excluding hydrogens is 439 g/mol. The van der Waals surface area contributed by atoms with Crippen molar-refractivity contribution in [2.45, 2.75) is 11.1 Å². The average Bonchev–Trinajstić information content (AvgIpc) is 2.55. The number of rotatable bonds is 7. The molecule has 0 aliphatic carbocycles. The summed E-state index contributed by atoms with van der Waals surface area (Å²) in [4.78, 5) is -0.111. The summed E-state index contributed by atoms with van der Waals surface area (Å²) in [5.41, 5.74) is -1.31. The molecule has 26 heavy (non-hydrogen) atoms. The van der Waals surface area contributed by atoms with E-state index in [9.17, 15) is 21.6 Å². The van der Waals surface area contributed by atoms with Gasteiger partial charge in [0.15, 0.2) is 0 Å². The lowest BCUT2D eigenvalue weighted by Crippen LogP contribution is -2.16. The van der Waals surface area contributed by atoms with Crippen molar-refractivity contribution in [3.8, 4) is 5.75 Å². The van der Waals surface area contributed by atoms with E-state index in [4.69, 9.17) is 9.47 Å². The minimum Gasteiger partial charge on any atom is -0.489 e. The number of ether oxygens (including phenoxy) is 2. The van der Waals surface area contributed by atoms with Crippen LogP contribution in [0.1, 0.15) is 5.56 Å². The van der Waals surface area contributed by atoms with Crippen molar-refractivity contribution in [1.29, 1.82) is 0 Å². The van der Waals surface area contributed by atoms with Gasteiger partial charge in [-0.25, -0.2) is 8.42 Å². The normalized spacial score (nSPS) is 12.0. The van der Waals surface area contributed by atoms with E-state index in [-0.39, 0.29) is 34.0 Å². The fraction of sp³-hybridized carbons (Fsp3) is 0.250. The summed E-state index contributed by atoms with van der Waals surface area (Å²) in [7, 11) is -2.70. The van der Waals surface area contributed by atoms with Crippen LogP contribution < -0.4 is 9.46 Å². The highest BCUT2D eigenvalue weighted by atomic mass is 79.9. The van der Waals surface area contributed by atoms with Crippen molar-refractivity contribution in [1.82, 2.24) is 0 Å². The average molecular weight is 454 g/mol. The van der Waals surface area contributed by atoms with Gasteiger partial charge in [0.1, 0.15) is 17.3 Å². The molecule has 142 valence electrons. The molecular formula is C16H15BrF3NO4S. The van der Waals surface area contributed by atoms with Crippen LogP contribution in [0.4, 0.5) is 18.9 Å². The van der Waals surface area contributed by atoms with E-state index in [1.807, 2.05) is 0 Å². The lowest BCUT2D eigenvalue weighted by Gasteiger charge is -2.16. The second kappa shape index (κ2) is 8.28. The Morgan fingerprint density at radius 3 is 2.42 bits per heavy atom. The van der Waals surface area contributed by atoms with Crippen molar-refractivity contribution in [2.24, 2.45) is 0 Å². The lowest BCUT2D eigenvalue weighted by atomic mass is 10.2. The predicted molar refractivity (Wildman–Crippen MR) is 93.8 cm³/mol. The molecule has 2 aromatic carbocycles. The largest absolute Gasteiger partial charge is 0.489 e. The van der Waals surface area contributed by atoms with E-state index in [1.54, 1.807) is 6.07 Å². The van der Waals surface area contributed by atoms with Gasteiger partial charge < -0.3 is 9.47 Å².